The fourth-order valence-electron chi connectivity index (χ4n) is 3.44. The Morgan fingerprint density at radius 1 is 1.03 bits per heavy atom. The second-order valence-corrected chi connectivity index (χ2v) is 9.02. The van der Waals surface area contributed by atoms with Gasteiger partial charge in [-0.2, -0.15) is 4.31 Å². The standard InChI is InChI=1S/C20H20N6O4S/c1-15-4-5-17(26(27)28)13-19(15)31(29,30)25-11-9-24(10-12-25)20-7-6-18(22-23-20)16-3-2-8-21-14-16/h2-8,13-14H,9-12H2,1H3. The van der Waals surface area contributed by atoms with Crippen LogP contribution >= 0.6 is 0 Å². The third-order valence-corrected chi connectivity index (χ3v) is 7.21. The number of aromatic nitrogens is 3. The molecule has 31 heavy (non-hydrogen) atoms. The van der Waals surface area contributed by atoms with Crippen LogP contribution in [0.3, 0.4) is 0 Å². The molecule has 0 amide bonds. The zero-order chi connectivity index (χ0) is 22.0. The Labute approximate surface area is 179 Å². The fourth-order valence-corrected chi connectivity index (χ4v) is 5.11. The molecule has 0 atom stereocenters. The highest BCUT2D eigenvalue weighted by Gasteiger charge is 2.31. The normalized spacial score (nSPS) is 15.1. The number of rotatable bonds is 5. The summed E-state index contributed by atoms with van der Waals surface area (Å²) in [5.74, 6) is 0.663. The Morgan fingerprint density at radius 3 is 2.42 bits per heavy atom. The molecule has 1 aromatic carbocycles. The molecule has 1 aliphatic heterocycles. The molecule has 2 aromatic heterocycles. The van der Waals surface area contributed by atoms with Crippen molar-refractivity contribution in [3.63, 3.8) is 0 Å². The minimum absolute atomic E-state index is 0.0317. The Bertz CT molecular complexity index is 1190. The van der Waals surface area contributed by atoms with Gasteiger partial charge in [-0.3, -0.25) is 15.1 Å². The second kappa shape index (κ2) is 8.36. The van der Waals surface area contributed by atoms with Crippen LogP contribution in [0.5, 0.6) is 0 Å². The Morgan fingerprint density at radius 2 is 1.81 bits per heavy atom. The SMILES string of the molecule is Cc1ccc([N+](=O)[O-])cc1S(=O)(=O)N1CCN(c2ccc(-c3cccnc3)nn2)CC1. The van der Waals surface area contributed by atoms with Gasteiger partial charge in [0.15, 0.2) is 5.82 Å². The van der Waals surface area contributed by atoms with Gasteiger partial charge in [0.1, 0.15) is 0 Å². The number of pyridine rings is 1. The largest absolute Gasteiger partial charge is 0.352 e. The smallest absolute Gasteiger partial charge is 0.270 e. The van der Waals surface area contributed by atoms with Gasteiger partial charge in [-0.25, -0.2) is 8.42 Å². The molecule has 10 nitrogen and oxygen atoms in total. The summed E-state index contributed by atoms with van der Waals surface area (Å²) in [5.41, 5.74) is 1.81. The second-order valence-electron chi connectivity index (χ2n) is 7.12. The molecule has 1 aliphatic rings. The van der Waals surface area contributed by atoms with Crippen molar-refractivity contribution in [2.24, 2.45) is 0 Å². The Hall–Kier alpha value is -3.44. The fraction of sp³-hybridized carbons (Fsp3) is 0.250. The number of sulfonamides is 1. The minimum Gasteiger partial charge on any atom is -0.352 e. The zero-order valence-electron chi connectivity index (χ0n) is 16.7. The van der Waals surface area contributed by atoms with Crippen molar-refractivity contribution in [2.45, 2.75) is 11.8 Å². The third kappa shape index (κ3) is 4.23. The van der Waals surface area contributed by atoms with E-state index in [4.69, 9.17) is 0 Å². The van der Waals surface area contributed by atoms with Gasteiger partial charge < -0.3 is 4.90 Å². The van der Waals surface area contributed by atoms with Crippen molar-refractivity contribution in [2.75, 3.05) is 31.1 Å². The first-order valence-electron chi connectivity index (χ1n) is 9.60. The van der Waals surface area contributed by atoms with Crippen molar-refractivity contribution in [3.05, 3.63) is 70.5 Å². The molecule has 0 N–H and O–H groups in total. The van der Waals surface area contributed by atoms with E-state index in [1.165, 1.54) is 16.4 Å². The van der Waals surface area contributed by atoms with E-state index in [1.807, 2.05) is 29.2 Å². The van der Waals surface area contributed by atoms with Crippen LogP contribution in [0.25, 0.3) is 11.3 Å². The monoisotopic (exact) mass is 440 g/mol. The summed E-state index contributed by atoms with van der Waals surface area (Å²) in [5, 5.41) is 19.6. The van der Waals surface area contributed by atoms with Crippen molar-refractivity contribution in [1.29, 1.82) is 0 Å². The van der Waals surface area contributed by atoms with Crippen molar-refractivity contribution in [1.82, 2.24) is 19.5 Å². The molecule has 0 radical (unpaired) electrons. The summed E-state index contributed by atoms with van der Waals surface area (Å²) in [6.45, 7) is 3.00. The van der Waals surface area contributed by atoms with Crippen LogP contribution in [-0.4, -0.2) is 59.0 Å². The van der Waals surface area contributed by atoms with Crippen LogP contribution in [0.1, 0.15) is 5.56 Å². The van der Waals surface area contributed by atoms with E-state index in [0.717, 1.165) is 11.6 Å². The van der Waals surface area contributed by atoms with Gasteiger partial charge in [0.25, 0.3) is 5.69 Å². The molecule has 0 saturated carbocycles. The van der Waals surface area contributed by atoms with E-state index in [-0.39, 0.29) is 23.7 Å². The molecule has 0 aliphatic carbocycles. The lowest BCUT2D eigenvalue weighted by Crippen LogP contribution is -2.49. The van der Waals surface area contributed by atoms with Gasteiger partial charge in [-0.15, -0.1) is 10.2 Å². The van der Waals surface area contributed by atoms with Crippen molar-refractivity contribution in [3.8, 4) is 11.3 Å². The molecule has 3 heterocycles. The predicted octanol–water partition coefficient (Wildman–Crippen LogP) is 2.27. The molecule has 0 bridgehead atoms. The summed E-state index contributed by atoms with van der Waals surface area (Å²) in [6, 6.07) is 11.3. The number of hydrogen-bond donors (Lipinski definition) is 0. The van der Waals surface area contributed by atoms with E-state index in [0.29, 0.717) is 30.2 Å². The molecule has 3 aromatic rings. The van der Waals surface area contributed by atoms with Crippen LogP contribution in [0, 0.1) is 17.0 Å². The van der Waals surface area contributed by atoms with Crippen molar-refractivity contribution < 1.29 is 13.3 Å². The van der Waals surface area contributed by atoms with Gasteiger partial charge >= 0.3 is 0 Å². The van der Waals surface area contributed by atoms with Crippen LogP contribution in [0.2, 0.25) is 0 Å². The highest BCUT2D eigenvalue weighted by Crippen LogP contribution is 2.26. The molecule has 160 valence electrons. The summed E-state index contributed by atoms with van der Waals surface area (Å²) in [7, 11) is -3.84. The molecular formula is C20H20N6O4S. The topological polar surface area (TPSA) is 122 Å². The first-order chi connectivity index (χ1) is 14.9. The average Bonchev–Trinajstić information content (AvgIpc) is 2.80. The quantitative estimate of drug-likeness (QED) is 0.437. The summed E-state index contributed by atoms with van der Waals surface area (Å²) >= 11 is 0. The molecule has 0 unspecified atom stereocenters. The molecular weight excluding hydrogens is 420 g/mol. The first-order valence-corrected chi connectivity index (χ1v) is 11.0. The summed E-state index contributed by atoms with van der Waals surface area (Å²) < 4.78 is 27.5. The molecule has 1 fully saturated rings. The van der Waals surface area contributed by atoms with Crippen LogP contribution < -0.4 is 4.90 Å². The van der Waals surface area contributed by atoms with E-state index in [9.17, 15) is 18.5 Å². The highest BCUT2D eigenvalue weighted by atomic mass is 32.2. The van der Waals surface area contributed by atoms with E-state index < -0.39 is 14.9 Å². The van der Waals surface area contributed by atoms with E-state index in [1.54, 1.807) is 19.3 Å². The van der Waals surface area contributed by atoms with Gasteiger partial charge in [0, 0.05) is 56.3 Å². The number of benzene rings is 1. The van der Waals surface area contributed by atoms with Crippen LogP contribution in [-0.2, 0) is 10.0 Å². The molecule has 4 rings (SSSR count). The number of piperazine rings is 1. The Kier molecular flexibility index (Phi) is 5.61. The average molecular weight is 440 g/mol. The van der Waals surface area contributed by atoms with E-state index >= 15 is 0 Å². The highest BCUT2D eigenvalue weighted by molar-refractivity contribution is 7.89. The van der Waals surface area contributed by atoms with Crippen LogP contribution in [0.4, 0.5) is 11.5 Å². The summed E-state index contributed by atoms with van der Waals surface area (Å²) in [6.07, 6.45) is 3.40. The number of nitro benzene ring substituents is 1. The number of nitrogens with zero attached hydrogens (tertiary/aromatic N) is 6. The maximum Gasteiger partial charge on any atom is 0.270 e. The number of hydrogen-bond acceptors (Lipinski definition) is 8. The number of non-ortho nitro benzene ring substituents is 1. The lowest BCUT2D eigenvalue weighted by Gasteiger charge is -2.34. The van der Waals surface area contributed by atoms with Gasteiger partial charge in [-0.1, -0.05) is 6.07 Å². The van der Waals surface area contributed by atoms with E-state index in [2.05, 4.69) is 15.2 Å². The lowest BCUT2D eigenvalue weighted by molar-refractivity contribution is -0.385. The van der Waals surface area contributed by atoms with Gasteiger partial charge in [0.05, 0.1) is 15.5 Å². The van der Waals surface area contributed by atoms with Crippen LogP contribution in [0.15, 0.2) is 59.8 Å². The molecule has 1 saturated heterocycles. The third-order valence-electron chi connectivity index (χ3n) is 5.17. The van der Waals surface area contributed by atoms with Crippen molar-refractivity contribution >= 4 is 21.5 Å². The first kappa shape index (κ1) is 20.8. The van der Waals surface area contributed by atoms with Gasteiger partial charge in [0.2, 0.25) is 10.0 Å². The number of aryl methyl sites for hydroxylation is 1. The Balaban J connectivity index is 1.47. The minimum atomic E-state index is -3.84. The predicted molar refractivity (Wildman–Crippen MR) is 114 cm³/mol. The number of nitro groups is 1. The number of anilines is 1. The molecule has 11 heteroatoms. The maximum absolute atomic E-state index is 13.1. The summed E-state index contributed by atoms with van der Waals surface area (Å²) in [4.78, 5) is 16.5. The lowest BCUT2D eigenvalue weighted by atomic mass is 10.2. The van der Waals surface area contributed by atoms with Gasteiger partial charge in [-0.05, 0) is 36.8 Å². The molecule has 0 spiro atoms. The maximum atomic E-state index is 13.1. The zero-order valence-corrected chi connectivity index (χ0v) is 17.6.